The highest BCUT2D eigenvalue weighted by Gasteiger charge is 2.34. The van der Waals surface area contributed by atoms with Gasteiger partial charge in [-0.15, -0.1) is 0 Å². The SMILES string of the molecule is Cc1cc(-c2ccccc2)c(C(=O)Nc2ccc([N+](=O)[O-])cc2)cc1C(F)(F)F. The largest absolute Gasteiger partial charge is 0.416 e. The Morgan fingerprint density at radius 3 is 2.17 bits per heavy atom. The lowest BCUT2D eigenvalue weighted by molar-refractivity contribution is -0.384. The van der Waals surface area contributed by atoms with Crippen LogP contribution in [0.2, 0.25) is 0 Å². The van der Waals surface area contributed by atoms with Gasteiger partial charge in [0.15, 0.2) is 0 Å². The van der Waals surface area contributed by atoms with Crippen molar-refractivity contribution in [3.8, 4) is 11.1 Å². The zero-order chi connectivity index (χ0) is 21.2. The summed E-state index contributed by atoms with van der Waals surface area (Å²) in [5, 5.41) is 13.2. The standard InChI is InChI=1S/C21H15F3N2O3/c1-13-11-17(14-5-3-2-4-6-14)18(12-19(13)21(22,23)24)20(27)25-15-7-9-16(10-8-15)26(28)29/h2-12H,1H3,(H,25,27). The number of rotatable bonds is 4. The van der Waals surface area contributed by atoms with Gasteiger partial charge in [0, 0.05) is 23.4 Å². The summed E-state index contributed by atoms with van der Waals surface area (Å²) in [6.45, 7) is 1.34. The zero-order valence-corrected chi connectivity index (χ0v) is 15.2. The summed E-state index contributed by atoms with van der Waals surface area (Å²) < 4.78 is 40.1. The van der Waals surface area contributed by atoms with Crippen molar-refractivity contribution in [2.45, 2.75) is 13.1 Å². The van der Waals surface area contributed by atoms with Crippen LogP contribution in [0.1, 0.15) is 21.5 Å². The third kappa shape index (κ3) is 4.43. The van der Waals surface area contributed by atoms with Gasteiger partial charge in [0.05, 0.1) is 10.5 Å². The number of non-ortho nitro benzene ring substituents is 1. The van der Waals surface area contributed by atoms with Crippen LogP contribution in [-0.2, 0) is 6.18 Å². The summed E-state index contributed by atoms with van der Waals surface area (Å²) in [5.41, 5.74) is -0.0214. The first-order chi connectivity index (χ1) is 13.7. The van der Waals surface area contributed by atoms with E-state index in [1.807, 2.05) is 0 Å². The van der Waals surface area contributed by atoms with E-state index in [2.05, 4.69) is 5.32 Å². The quantitative estimate of drug-likeness (QED) is 0.442. The number of carbonyl (C=O) groups is 1. The van der Waals surface area contributed by atoms with E-state index in [4.69, 9.17) is 0 Å². The Balaban J connectivity index is 2.05. The Bertz CT molecular complexity index is 1060. The van der Waals surface area contributed by atoms with E-state index >= 15 is 0 Å². The molecule has 0 atom stereocenters. The predicted molar refractivity (Wildman–Crippen MR) is 103 cm³/mol. The van der Waals surface area contributed by atoms with Gasteiger partial charge in [-0.05, 0) is 41.8 Å². The second kappa shape index (κ2) is 7.75. The van der Waals surface area contributed by atoms with Crippen LogP contribution in [0.3, 0.4) is 0 Å². The molecule has 3 rings (SSSR count). The molecule has 0 saturated heterocycles. The Morgan fingerprint density at radius 2 is 1.62 bits per heavy atom. The molecule has 0 aliphatic rings. The molecule has 0 heterocycles. The highest BCUT2D eigenvalue weighted by atomic mass is 19.4. The predicted octanol–water partition coefficient (Wildman–Crippen LogP) is 5.84. The molecule has 0 spiro atoms. The second-order valence-electron chi connectivity index (χ2n) is 6.33. The van der Waals surface area contributed by atoms with Crippen molar-refractivity contribution in [1.29, 1.82) is 0 Å². The van der Waals surface area contributed by atoms with Gasteiger partial charge in [-0.1, -0.05) is 36.4 Å². The third-order valence-electron chi connectivity index (χ3n) is 4.34. The van der Waals surface area contributed by atoms with E-state index in [1.165, 1.54) is 37.3 Å². The highest BCUT2D eigenvalue weighted by molar-refractivity contribution is 6.09. The smallest absolute Gasteiger partial charge is 0.322 e. The average Bonchev–Trinajstić information content (AvgIpc) is 2.67. The summed E-state index contributed by atoms with van der Waals surface area (Å²) in [5.74, 6) is -0.747. The topological polar surface area (TPSA) is 72.2 Å². The summed E-state index contributed by atoms with van der Waals surface area (Å²) in [6.07, 6.45) is -4.61. The van der Waals surface area contributed by atoms with Crippen LogP contribution in [0.25, 0.3) is 11.1 Å². The number of amides is 1. The lowest BCUT2D eigenvalue weighted by Gasteiger charge is -2.17. The normalized spacial score (nSPS) is 11.2. The molecule has 0 radical (unpaired) electrons. The van der Waals surface area contributed by atoms with E-state index in [1.54, 1.807) is 30.3 Å². The zero-order valence-electron chi connectivity index (χ0n) is 15.2. The summed E-state index contributed by atoms with van der Waals surface area (Å²) >= 11 is 0. The van der Waals surface area contributed by atoms with Crippen molar-refractivity contribution < 1.29 is 22.9 Å². The monoisotopic (exact) mass is 400 g/mol. The number of carbonyl (C=O) groups excluding carboxylic acids is 1. The first-order valence-corrected chi connectivity index (χ1v) is 8.50. The molecule has 8 heteroatoms. The molecule has 0 fully saturated rings. The molecule has 3 aromatic rings. The van der Waals surface area contributed by atoms with Crippen LogP contribution in [0.4, 0.5) is 24.5 Å². The number of hydrogen-bond acceptors (Lipinski definition) is 3. The molecule has 0 aliphatic heterocycles. The van der Waals surface area contributed by atoms with Gasteiger partial charge in [0.25, 0.3) is 11.6 Å². The van der Waals surface area contributed by atoms with Gasteiger partial charge in [-0.3, -0.25) is 14.9 Å². The van der Waals surface area contributed by atoms with Crippen molar-refractivity contribution in [3.63, 3.8) is 0 Å². The fourth-order valence-corrected chi connectivity index (χ4v) is 2.92. The van der Waals surface area contributed by atoms with Gasteiger partial charge in [-0.2, -0.15) is 13.2 Å². The maximum atomic E-state index is 13.4. The van der Waals surface area contributed by atoms with Crippen molar-refractivity contribution in [2.75, 3.05) is 5.32 Å². The number of hydrogen-bond donors (Lipinski definition) is 1. The first-order valence-electron chi connectivity index (χ1n) is 8.50. The van der Waals surface area contributed by atoms with Crippen LogP contribution >= 0.6 is 0 Å². The minimum absolute atomic E-state index is 0.00300. The molecule has 0 unspecified atom stereocenters. The molecule has 1 amide bonds. The van der Waals surface area contributed by atoms with Gasteiger partial charge in [-0.25, -0.2) is 0 Å². The molecule has 29 heavy (non-hydrogen) atoms. The minimum Gasteiger partial charge on any atom is -0.322 e. The lowest BCUT2D eigenvalue weighted by Crippen LogP contribution is -2.16. The molecular weight excluding hydrogens is 385 g/mol. The number of aryl methyl sites for hydroxylation is 1. The molecule has 0 aliphatic carbocycles. The van der Waals surface area contributed by atoms with E-state index in [-0.39, 0.29) is 22.5 Å². The van der Waals surface area contributed by atoms with Gasteiger partial charge < -0.3 is 5.32 Å². The number of nitro groups is 1. The number of alkyl halides is 3. The maximum absolute atomic E-state index is 13.4. The number of benzene rings is 3. The van der Waals surface area contributed by atoms with E-state index in [0.717, 1.165) is 6.07 Å². The molecule has 5 nitrogen and oxygen atoms in total. The van der Waals surface area contributed by atoms with Crippen molar-refractivity contribution in [3.05, 3.63) is 93.5 Å². The fraction of sp³-hybridized carbons (Fsp3) is 0.0952. The van der Waals surface area contributed by atoms with Crippen LogP contribution in [0.15, 0.2) is 66.7 Å². The first kappa shape index (κ1) is 20.1. The van der Waals surface area contributed by atoms with Gasteiger partial charge in [0.1, 0.15) is 0 Å². The Kier molecular flexibility index (Phi) is 5.36. The van der Waals surface area contributed by atoms with Crippen LogP contribution < -0.4 is 5.32 Å². The number of nitrogens with one attached hydrogen (secondary N) is 1. The Labute approximate surface area is 164 Å². The lowest BCUT2D eigenvalue weighted by atomic mass is 9.93. The fourth-order valence-electron chi connectivity index (χ4n) is 2.92. The summed E-state index contributed by atoms with van der Waals surface area (Å²) in [7, 11) is 0. The van der Waals surface area contributed by atoms with Crippen molar-refractivity contribution in [2.24, 2.45) is 0 Å². The summed E-state index contributed by atoms with van der Waals surface area (Å²) in [4.78, 5) is 22.9. The minimum atomic E-state index is -4.61. The van der Waals surface area contributed by atoms with E-state index in [0.29, 0.717) is 11.1 Å². The number of nitro benzene ring substituents is 1. The Hall–Kier alpha value is -3.68. The Morgan fingerprint density at radius 1 is 1.00 bits per heavy atom. The summed E-state index contributed by atoms with van der Waals surface area (Å²) in [6, 6.07) is 15.8. The van der Waals surface area contributed by atoms with Gasteiger partial charge >= 0.3 is 6.18 Å². The molecule has 1 N–H and O–H groups in total. The molecule has 0 aromatic heterocycles. The molecule has 0 saturated carbocycles. The van der Waals surface area contributed by atoms with E-state index < -0.39 is 22.6 Å². The third-order valence-corrected chi connectivity index (χ3v) is 4.34. The van der Waals surface area contributed by atoms with E-state index in [9.17, 15) is 28.1 Å². The number of halogens is 3. The average molecular weight is 400 g/mol. The van der Waals surface area contributed by atoms with Crippen LogP contribution in [0.5, 0.6) is 0 Å². The van der Waals surface area contributed by atoms with Gasteiger partial charge in [0.2, 0.25) is 0 Å². The number of anilines is 1. The number of nitrogens with zero attached hydrogens (tertiary/aromatic N) is 1. The molecular formula is C21H15F3N2O3. The molecule has 0 bridgehead atoms. The second-order valence-corrected chi connectivity index (χ2v) is 6.33. The molecule has 148 valence electrons. The maximum Gasteiger partial charge on any atom is 0.416 e. The molecule has 3 aromatic carbocycles. The highest BCUT2D eigenvalue weighted by Crippen LogP contribution is 2.36. The van der Waals surface area contributed by atoms with Crippen LogP contribution in [0, 0.1) is 17.0 Å². The van der Waals surface area contributed by atoms with Crippen molar-refractivity contribution in [1.82, 2.24) is 0 Å². The van der Waals surface area contributed by atoms with Crippen LogP contribution in [-0.4, -0.2) is 10.8 Å². The van der Waals surface area contributed by atoms with Crippen molar-refractivity contribution >= 4 is 17.3 Å².